The van der Waals surface area contributed by atoms with E-state index in [9.17, 15) is 9.18 Å². The molecule has 4 rings (SSSR count). The number of anilines is 1. The second kappa shape index (κ2) is 7.67. The van der Waals surface area contributed by atoms with Crippen LogP contribution in [-0.4, -0.2) is 59.3 Å². The SMILES string of the molecule is CN(C)C(=O)N[C@@H]1CCN(c2n[nH]c3nccc(-c4ccc(CN)c(F)c4)c23)C1. The minimum atomic E-state index is -0.326. The van der Waals surface area contributed by atoms with Crippen LogP contribution in [0.4, 0.5) is 15.0 Å². The van der Waals surface area contributed by atoms with Gasteiger partial charge in [-0.25, -0.2) is 14.2 Å². The number of aromatic amines is 1. The van der Waals surface area contributed by atoms with Crippen molar-refractivity contribution >= 4 is 22.9 Å². The van der Waals surface area contributed by atoms with E-state index in [-0.39, 0.29) is 24.4 Å². The zero-order chi connectivity index (χ0) is 20.5. The lowest BCUT2D eigenvalue weighted by Crippen LogP contribution is -2.42. The quantitative estimate of drug-likeness (QED) is 0.625. The fraction of sp³-hybridized carbons (Fsp3) is 0.350. The number of nitrogens with one attached hydrogen (secondary N) is 2. The third-order valence-electron chi connectivity index (χ3n) is 5.25. The lowest BCUT2D eigenvalue weighted by Gasteiger charge is -2.19. The van der Waals surface area contributed by atoms with Crippen LogP contribution in [0, 0.1) is 5.82 Å². The number of benzene rings is 1. The van der Waals surface area contributed by atoms with Gasteiger partial charge >= 0.3 is 6.03 Å². The van der Waals surface area contributed by atoms with Crippen LogP contribution in [0.3, 0.4) is 0 Å². The molecule has 0 saturated carbocycles. The lowest BCUT2D eigenvalue weighted by atomic mass is 10.0. The second-order valence-electron chi connectivity index (χ2n) is 7.42. The molecule has 9 heteroatoms. The summed E-state index contributed by atoms with van der Waals surface area (Å²) < 4.78 is 14.3. The Morgan fingerprint density at radius 1 is 1.41 bits per heavy atom. The number of fused-ring (bicyclic) bond motifs is 1. The minimum absolute atomic E-state index is 0.0399. The van der Waals surface area contributed by atoms with Crippen molar-refractivity contribution in [3.05, 3.63) is 41.8 Å². The minimum Gasteiger partial charge on any atom is -0.352 e. The van der Waals surface area contributed by atoms with E-state index in [0.717, 1.165) is 35.3 Å². The van der Waals surface area contributed by atoms with Gasteiger partial charge in [0.05, 0.1) is 5.39 Å². The Labute approximate surface area is 167 Å². The van der Waals surface area contributed by atoms with Crippen LogP contribution in [0.5, 0.6) is 0 Å². The molecule has 0 spiro atoms. The van der Waals surface area contributed by atoms with Gasteiger partial charge in [-0.2, -0.15) is 5.10 Å². The highest BCUT2D eigenvalue weighted by molar-refractivity contribution is 6.00. The summed E-state index contributed by atoms with van der Waals surface area (Å²) in [5, 5.41) is 11.3. The molecule has 0 aliphatic carbocycles. The largest absolute Gasteiger partial charge is 0.352 e. The van der Waals surface area contributed by atoms with Gasteiger partial charge in [-0.3, -0.25) is 5.10 Å². The molecule has 2 amide bonds. The molecule has 1 aliphatic rings. The maximum atomic E-state index is 14.3. The Kier molecular flexibility index (Phi) is 5.06. The average molecular weight is 397 g/mol. The Morgan fingerprint density at radius 2 is 2.24 bits per heavy atom. The Morgan fingerprint density at radius 3 is 2.97 bits per heavy atom. The number of carbonyl (C=O) groups excluding carboxylic acids is 1. The molecule has 3 aromatic rings. The number of aromatic nitrogens is 3. The molecule has 3 heterocycles. The van der Waals surface area contributed by atoms with E-state index in [4.69, 9.17) is 5.73 Å². The van der Waals surface area contributed by atoms with E-state index < -0.39 is 0 Å². The summed E-state index contributed by atoms with van der Waals surface area (Å²) in [5.74, 6) is 0.431. The van der Waals surface area contributed by atoms with Crippen molar-refractivity contribution in [3.63, 3.8) is 0 Å². The first-order valence-corrected chi connectivity index (χ1v) is 9.52. The highest BCUT2D eigenvalue weighted by Gasteiger charge is 2.28. The summed E-state index contributed by atoms with van der Waals surface area (Å²) in [5.41, 5.74) is 8.29. The number of rotatable bonds is 4. The third-order valence-corrected chi connectivity index (χ3v) is 5.25. The van der Waals surface area contributed by atoms with E-state index in [1.807, 2.05) is 12.1 Å². The maximum Gasteiger partial charge on any atom is 0.317 e. The standard InChI is InChI=1S/C20H24FN7O/c1-27(2)20(29)24-14-6-8-28(11-14)19-17-15(5-7-23-18(17)25-26-19)12-3-4-13(10-22)16(21)9-12/h3-5,7,9,14H,6,8,10-11,22H2,1-2H3,(H,24,29)(H,23,25,26)/t14-/m1/s1. The van der Waals surface area contributed by atoms with E-state index in [0.29, 0.717) is 17.8 Å². The number of urea groups is 1. The molecule has 29 heavy (non-hydrogen) atoms. The van der Waals surface area contributed by atoms with Crippen molar-refractivity contribution in [2.24, 2.45) is 5.73 Å². The first-order valence-electron chi connectivity index (χ1n) is 9.52. The maximum absolute atomic E-state index is 14.3. The van der Waals surface area contributed by atoms with Gasteiger partial charge in [0.15, 0.2) is 11.5 Å². The predicted molar refractivity (Wildman–Crippen MR) is 110 cm³/mol. The topological polar surface area (TPSA) is 103 Å². The Balaban J connectivity index is 1.67. The number of H-pyrrole nitrogens is 1. The summed E-state index contributed by atoms with van der Waals surface area (Å²) in [4.78, 5) is 20.0. The Hall–Kier alpha value is -3.20. The number of nitrogens with zero attached hydrogens (tertiary/aromatic N) is 4. The molecule has 1 aliphatic heterocycles. The summed E-state index contributed by atoms with van der Waals surface area (Å²) in [6.45, 7) is 1.56. The summed E-state index contributed by atoms with van der Waals surface area (Å²) in [7, 11) is 3.44. The number of nitrogens with two attached hydrogens (primary N) is 1. The molecule has 2 aromatic heterocycles. The molecule has 0 unspecified atom stereocenters. The van der Waals surface area contributed by atoms with Crippen LogP contribution in [0.15, 0.2) is 30.5 Å². The normalized spacial score (nSPS) is 16.4. The van der Waals surface area contributed by atoms with E-state index >= 15 is 0 Å². The van der Waals surface area contributed by atoms with Crippen LogP contribution in [0.2, 0.25) is 0 Å². The molecule has 1 saturated heterocycles. The Bertz CT molecular complexity index is 1050. The number of hydrogen-bond acceptors (Lipinski definition) is 5. The molecular weight excluding hydrogens is 373 g/mol. The highest BCUT2D eigenvalue weighted by Crippen LogP contribution is 2.35. The second-order valence-corrected chi connectivity index (χ2v) is 7.42. The van der Waals surface area contributed by atoms with Gasteiger partial charge in [-0.1, -0.05) is 12.1 Å². The average Bonchev–Trinajstić information content (AvgIpc) is 3.34. The van der Waals surface area contributed by atoms with Crippen molar-refractivity contribution in [1.82, 2.24) is 25.4 Å². The zero-order valence-electron chi connectivity index (χ0n) is 16.4. The first kappa shape index (κ1) is 19.1. The number of halogens is 1. The number of hydrogen-bond donors (Lipinski definition) is 3. The molecule has 0 bridgehead atoms. The predicted octanol–water partition coefficient (Wildman–Crippen LogP) is 2.07. The third kappa shape index (κ3) is 3.61. The fourth-order valence-corrected chi connectivity index (χ4v) is 3.66. The van der Waals surface area contributed by atoms with E-state index in [2.05, 4.69) is 25.4 Å². The van der Waals surface area contributed by atoms with Crippen molar-refractivity contribution in [2.45, 2.75) is 19.0 Å². The molecule has 152 valence electrons. The summed E-state index contributed by atoms with van der Waals surface area (Å²) >= 11 is 0. The summed E-state index contributed by atoms with van der Waals surface area (Å²) in [6.07, 6.45) is 2.50. The summed E-state index contributed by atoms with van der Waals surface area (Å²) in [6, 6.07) is 6.86. The first-order chi connectivity index (χ1) is 14.0. The van der Waals surface area contributed by atoms with Crippen LogP contribution < -0.4 is 16.0 Å². The van der Waals surface area contributed by atoms with Crippen molar-refractivity contribution in [1.29, 1.82) is 0 Å². The fourth-order valence-electron chi connectivity index (χ4n) is 3.66. The molecule has 0 radical (unpaired) electrons. The molecule has 1 fully saturated rings. The zero-order valence-corrected chi connectivity index (χ0v) is 16.4. The van der Waals surface area contributed by atoms with E-state index in [1.54, 1.807) is 26.4 Å². The number of amides is 2. The van der Waals surface area contributed by atoms with Gasteiger partial charge < -0.3 is 20.9 Å². The van der Waals surface area contributed by atoms with Gasteiger partial charge in [0.2, 0.25) is 0 Å². The van der Waals surface area contributed by atoms with Crippen molar-refractivity contribution in [3.8, 4) is 11.1 Å². The van der Waals surface area contributed by atoms with Crippen LogP contribution in [0.25, 0.3) is 22.2 Å². The van der Waals surface area contributed by atoms with Crippen molar-refractivity contribution < 1.29 is 9.18 Å². The molecule has 4 N–H and O–H groups in total. The molecule has 1 atom stereocenters. The van der Waals surface area contributed by atoms with Crippen LogP contribution >= 0.6 is 0 Å². The van der Waals surface area contributed by atoms with Gasteiger partial charge in [0.25, 0.3) is 0 Å². The van der Waals surface area contributed by atoms with Crippen LogP contribution in [-0.2, 0) is 6.54 Å². The molecular formula is C20H24FN7O. The van der Waals surface area contributed by atoms with Gasteiger partial charge in [0.1, 0.15) is 5.82 Å². The van der Waals surface area contributed by atoms with Crippen molar-refractivity contribution in [2.75, 3.05) is 32.1 Å². The van der Waals surface area contributed by atoms with Gasteiger partial charge in [-0.05, 0) is 29.7 Å². The van der Waals surface area contributed by atoms with E-state index in [1.165, 1.54) is 11.0 Å². The van der Waals surface area contributed by atoms with Crippen LogP contribution in [0.1, 0.15) is 12.0 Å². The monoisotopic (exact) mass is 397 g/mol. The number of pyridine rings is 1. The smallest absolute Gasteiger partial charge is 0.317 e. The van der Waals surface area contributed by atoms with Gasteiger partial charge in [0, 0.05) is 51.5 Å². The van der Waals surface area contributed by atoms with Gasteiger partial charge in [-0.15, -0.1) is 0 Å². The highest BCUT2D eigenvalue weighted by atomic mass is 19.1. The molecule has 8 nitrogen and oxygen atoms in total. The number of carbonyl (C=O) groups is 1. The lowest BCUT2D eigenvalue weighted by molar-refractivity contribution is 0.214. The molecule has 1 aromatic carbocycles.